The molecular formula is C26H26N2O4S. The van der Waals surface area contributed by atoms with Crippen LogP contribution in [-0.4, -0.2) is 29.6 Å². The normalized spacial score (nSPS) is 11.4. The van der Waals surface area contributed by atoms with Crippen molar-refractivity contribution in [1.82, 2.24) is 0 Å². The third kappa shape index (κ3) is 6.70. The SMILES string of the molecule is CCOC(=O)c1ccc(NC(=O)C(C)Sc2cccc(NC(=O)c3ccccc3C)c2)cc1. The van der Waals surface area contributed by atoms with Gasteiger partial charge in [-0.3, -0.25) is 9.59 Å². The number of anilines is 2. The van der Waals surface area contributed by atoms with Gasteiger partial charge in [0.25, 0.3) is 5.91 Å². The van der Waals surface area contributed by atoms with E-state index >= 15 is 0 Å². The van der Waals surface area contributed by atoms with Gasteiger partial charge in [-0.15, -0.1) is 11.8 Å². The molecule has 33 heavy (non-hydrogen) atoms. The van der Waals surface area contributed by atoms with Gasteiger partial charge in [-0.25, -0.2) is 4.79 Å². The Morgan fingerprint density at radius 3 is 2.33 bits per heavy atom. The summed E-state index contributed by atoms with van der Waals surface area (Å²) in [4.78, 5) is 37.8. The summed E-state index contributed by atoms with van der Waals surface area (Å²) in [6, 6.07) is 21.4. The number of nitrogens with one attached hydrogen (secondary N) is 2. The highest BCUT2D eigenvalue weighted by molar-refractivity contribution is 8.00. The molecule has 0 aromatic heterocycles. The van der Waals surface area contributed by atoms with E-state index in [1.807, 2.05) is 56.3 Å². The molecule has 0 radical (unpaired) electrons. The summed E-state index contributed by atoms with van der Waals surface area (Å²) >= 11 is 1.39. The first kappa shape index (κ1) is 24.1. The van der Waals surface area contributed by atoms with E-state index < -0.39 is 5.97 Å². The van der Waals surface area contributed by atoms with Crippen molar-refractivity contribution >= 4 is 40.9 Å². The van der Waals surface area contributed by atoms with Gasteiger partial charge < -0.3 is 15.4 Å². The fraction of sp³-hybridized carbons (Fsp3) is 0.192. The Morgan fingerprint density at radius 1 is 0.909 bits per heavy atom. The summed E-state index contributed by atoms with van der Waals surface area (Å²) < 4.78 is 4.96. The van der Waals surface area contributed by atoms with Crippen LogP contribution in [0.1, 0.15) is 40.1 Å². The Morgan fingerprint density at radius 2 is 1.64 bits per heavy atom. The standard InChI is InChI=1S/C26H26N2O4S/c1-4-32-26(31)19-12-14-20(15-13-19)27-24(29)18(3)33-22-10-7-9-21(16-22)28-25(30)23-11-6-5-8-17(23)2/h5-16,18H,4H2,1-3H3,(H,27,29)(H,28,30). The van der Waals surface area contributed by atoms with Crippen molar-refractivity contribution in [2.75, 3.05) is 17.2 Å². The average molecular weight is 463 g/mol. The topological polar surface area (TPSA) is 84.5 Å². The van der Waals surface area contributed by atoms with Crippen LogP contribution in [0.5, 0.6) is 0 Å². The zero-order chi connectivity index (χ0) is 23.8. The Hall–Kier alpha value is -3.58. The summed E-state index contributed by atoms with van der Waals surface area (Å²) in [7, 11) is 0. The molecule has 0 spiro atoms. The summed E-state index contributed by atoms with van der Waals surface area (Å²) in [6.07, 6.45) is 0. The van der Waals surface area contributed by atoms with Gasteiger partial charge in [0.1, 0.15) is 0 Å². The lowest BCUT2D eigenvalue weighted by Crippen LogP contribution is -2.22. The molecule has 0 heterocycles. The van der Waals surface area contributed by atoms with Crippen LogP contribution in [0.4, 0.5) is 11.4 Å². The van der Waals surface area contributed by atoms with Crippen LogP contribution >= 0.6 is 11.8 Å². The van der Waals surface area contributed by atoms with Crippen LogP contribution in [0, 0.1) is 6.92 Å². The quantitative estimate of drug-likeness (QED) is 0.339. The maximum Gasteiger partial charge on any atom is 0.338 e. The number of rotatable bonds is 8. The first-order valence-corrected chi connectivity index (χ1v) is 11.5. The fourth-order valence-corrected chi connectivity index (χ4v) is 4.01. The van der Waals surface area contributed by atoms with Crippen LogP contribution in [0.2, 0.25) is 0 Å². The number of benzene rings is 3. The molecule has 2 amide bonds. The maximum atomic E-state index is 12.6. The van der Waals surface area contributed by atoms with Gasteiger partial charge in [0.05, 0.1) is 17.4 Å². The number of aryl methyl sites for hydroxylation is 1. The van der Waals surface area contributed by atoms with E-state index in [4.69, 9.17) is 4.74 Å². The molecule has 2 N–H and O–H groups in total. The van der Waals surface area contributed by atoms with Gasteiger partial charge in [-0.2, -0.15) is 0 Å². The van der Waals surface area contributed by atoms with Gasteiger partial charge in [0.2, 0.25) is 5.91 Å². The second kappa shape index (κ2) is 11.3. The molecule has 0 aliphatic rings. The highest BCUT2D eigenvalue weighted by Crippen LogP contribution is 2.27. The molecule has 0 saturated heterocycles. The van der Waals surface area contributed by atoms with E-state index in [-0.39, 0.29) is 17.1 Å². The predicted molar refractivity (Wildman–Crippen MR) is 132 cm³/mol. The lowest BCUT2D eigenvalue weighted by molar-refractivity contribution is -0.115. The van der Waals surface area contributed by atoms with Gasteiger partial charge in [-0.05, 0) is 74.9 Å². The highest BCUT2D eigenvalue weighted by Gasteiger charge is 2.16. The van der Waals surface area contributed by atoms with Crippen molar-refractivity contribution in [2.45, 2.75) is 30.9 Å². The molecule has 170 valence electrons. The number of hydrogen-bond donors (Lipinski definition) is 2. The Kier molecular flexibility index (Phi) is 8.27. The second-order valence-electron chi connectivity index (χ2n) is 7.34. The zero-order valence-electron chi connectivity index (χ0n) is 18.8. The molecule has 3 rings (SSSR count). The molecule has 6 nitrogen and oxygen atoms in total. The smallest absolute Gasteiger partial charge is 0.338 e. The van der Waals surface area contributed by atoms with Crippen molar-refractivity contribution in [3.05, 3.63) is 89.5 Å². The van der Waals surface area contributed by atoms with Crippen LogP contribution in [0.3, 0.4) is 0 Å². The van der Waals surface area contributed by atoms with Crippen molar-refractivity contribution in [3.8, 4) is 0 Å². The first-order valence-electron chi connectivity index (χ1n) is 10.6. The minimum absolute atomic E-state index is 0.168. The lowest BCUT2D eigenvalue weighted by Gasteiger charge is -2.13. The molecule has 0 bridgehead atoms. The van der Waals surface area contributed by atoms with E-state index in [9.17, 15) is 14.4 Å². The van der Waals surface area contributed by atoms with Crippen LogP contribution in [0.15, 0.2) is 77.7 Å². The molecule has 0 fully saturated rings. The number of ether oxygens (including phenoxy) is 1. The van der Waals surface area contributed by atoms with Crippen LogP contribution < -0.4 is 10.6 Å². The third-order valence-corrected chi connectivity index (χ3v) is 5.92. The summed E-state index contributed by atoms with van der Waals surface area (Å²) in [5.74, 6) is -0.737. The molecule has 7 heteroatoms. The summed E-state index contributed by atoms with van der Waals surface area (Å²) in [5.41, 5.74) is 3.22. The molecular weight excluding hydrogens is 436 g/mol. The Bertz CT molecular complexity index is 1150. The van der Waals surface area contributed by atoms with E-state index in [2.05, 4.69) is 10.6 Å². The zero-order valence-corrected chi connectivity index (χ0v) is 19.6. The molecule has 0 aliphatic carbocycles. The second-order valence-corrected chi connectivity index (χ2v) is 8.76. The molecule has 0 saturated carbocycles. The Labute approximate surface area is 197 Å². The van der Waals surface area contributed by atoms with Crippen molar-refractivity contribution in [2.24, 2.45) is 0 Å². The van der Waals surface area contributed by atoms with E-state index in [0.717, 1.165) is 10.5 Å². The minimum atomic E-state index is -0.395. The average Bonchev–Trinajstić information content (AvgIpc) is 2.80. The predicted octanol–water partition coefficient (Wildman–Crippen LogP) is 5.54. The number of thioether (sulfide) groups is 1. The van der Waals surface area contributed by atoms with Gasteiger partial charge >= 0.3 is 5.97 Å². The molecule has 3 aromatic carbocycles. The Balaban J connectivity index is 1.59. The van der Waals surface area contributed by atoms with Crippen LogP contribution in [0.25, 0.3) is 0 Å². The fourth-order valence-electron chi connectivity index (χ4n) is 3.08. The van der Waals surface area contributed by atoms with Gasteiger partial charge in [0, 0.05) is 21.8 Å². The number of carbonyl (C=O) groups is 3. The summed E-state index contributed by atoms with van der Waals surface area (Å²) in [5, 5.41) is 5.39. The van der Waals surface area contributed by atoms with E-state index in [0.29, 0.717) is 29.1 Å². The maximum absolute atomic E-state index is 12.6. The van der Waals surface area contributed by atoms with Crippen molar-refractivity contribution in [3.63, 3.8) is 0 Å². The summed E-state index contributed by atoms with van der Waals surface area (Å²) in [6.45, 7) is 5.76. The van der Waals surface area contributed by atoms with Crippen LogP contribution in [-0.2, 0) is 9.53 Å². The van der Waals surface area contributed by atoms with Crippen molar-refractivity contribution < 1.29 is 19.1 Å². The monoisotopic (exact) mass is 462 g/mol. The van der Waals surface area contributed by atoms with Crippen molar-refractivity contribution in [1.29, 1.82) is 0 Å². The first-order chi connectivity index (χ1) is 15.9. The number of amides is 2. The van der Waals surface area contributed by atoms with Gasteiger partial charge in [-0.1, -0.05) is 24.3 Å². The van der Waals surface area contributed by atoms with E-state index in [1.165, 1.54) is 11.8 Å². The molecule has 1 atom stereocenters. The molecule has 3 aromatic rings. The number of hydrogen-bond acceptors (Lipinski definition) is 5. The largest absolute Gasteiger partial charge is 0.462 e. The lowest BCUT2D eigenvalue weighted by atomic mass is 10.1. The molecule has 1 unspecified atom stereocenters. The minimum Gasteiger partial charge on any atom is -0.462 e. The third-order valence-electron chi connectivity index (χ3n) is 4.83. The van der Waals surface area contributed by atoms with Gasteiger partial charge in [0.15, 0.2) is 0 Å². The van der Waals surface area contributed by atoms with E-state index in [1.54, 1.807) is 37.3 Å². The molecule has 0 aliphatic heterocycles. The number of esters is 1. The number of carbonyl (C=O) groups excluding carboxylic acids is 3. The highest BCUT2D eigenvalue weighted by atomic mass is 32.2.